The normalized spacial score (nSPS) is 13.7. The van der Waals surface area contributed by atoms with Crippen molar-refractivity contribution in [3.05, 3.63) is 180 Å². The lowest BCUT2D eigenvalue weighted by Crippen LogP contribution is -2.61. The standard InChI is InChI=1S/C77H99N23O10/c78-31-13-12-28-58(67(102)93-60(30-16-34-88-77(84)85)69(104)100-65(74(109)110)39-48-43-92-57-27-11-7-22-52(48)57)94-71(106)63(37-46-41-90-55-25-9-5-20-50(46)55)99-73(108)64(38-47-42-91-56-26-10-6-21-51(47)56)98-68(103)59(29-15-33-87-76(82)83)95-70(105)61(35-44-17-2-1-3-18-44)97-72(107)62(36-45-40-89-54-24-8-4-19-49(45)54)96-66(101)53(79)23-14-32-86-75(80)81/h1-11,17-22,24-27,40-43,53,58-65,89-92H,12-16,23,28-39,78-79H2,(H,93,102)(H,94,106)(H,95,105)(H,96,101)(H,97,107)(H,98,103)(H,99,108)(H,100,104)(H,109,110)(H4,80,81,86)(H4,82,83,87)(H4,84,85,88)/t53-,58-,59-,60-,61-,62-,63-,64-,65-/m0/s1. The Kier molecular flexibility index (Phi) is 29.7. The monoisotopic (exact) mass is 1510 g/mol. The van der Waals surface area contributed by atoms with E-state index in [9.17, 15) is 29.1 Å². The Labute approximate surface area is 634 Å². The van der Waals surface area contributed by atoms with Gasteiger partial charge in [0, 0.05) is 120 Å². The zero-order valence-electron chi connectivity index (χ0n) is 60.9. The highest BCUT2D eigenvalue weighted by molar-refractivity contribution is 6.00. The molecule has 0 saturated heterocycles. The van der Waals surface area contributed by atoms with Gasteiger partial charge in [0.15, 0.2) is 17.9 Å². The van der Waals surface area contributed by atoms with Gasteiger partial charge in [0.2, 0.25) is 47.3 Å². The van der Waals surface area contributed by atoms with Crippen LogP contribution in [0.3, 0.4) is 0 Å². The Morgan fingerprint density at radius 1 is 0.336 bits per heavy atom. The van der Waals surface area contributed by atoms with E-state index in [1.54, 1.807) is 73.3 Å². The maximum Gasteiger partial charge on any atom is 0.326 e. The molecule has 110 heavy (non-hydrogen) atoms. The first-order valence-electron chi connectivity index (χ1n) is 36.6. The quantitative estimate of drug-likeness (QED) is 0.0146. The second-order valence-corrected chi connectivity index (χ2v) is 27.1. The lowest BCUT2D eigenvalue weighted by molar-refractivity contribution is -0.142. The van der Waals surface area contributed by atoms with E-state index in [-0.39, 0.29) is 115 Å². The number of benzene rings is 5. The first kappa shape index (κ1) is 81.3. The zero-order chi connectivity index (χ0) is 78.6. The number of H-pyrrole nitrogens is 4. The van der Waals surface area contributed by atoms with Crippen molar-refractivity contribution in [2.24, 2.45) is 28.7 Å². The number of nitrogens with one attached hydrogen (secondary N) is 18. The number of para-hydroxylation sites is 4. The largest absolute Gasteiger partial charge is 0.480 e. The van der Waals surface area contributed by atoms with Crippen LogP contribution in [0.1, 0.15) is 85.6 Å². The highest BCUT2D eigenvalue weighted by Gasteiger charge is 2.37. The summed E-state index contributed by atoms with van der Waals surface area (Å²) in [7, 11) is 0. The fraction of sp³-hybridized carbons (Fsp3) is 0.351. The SMILES string of the molecule is N=C(N)NCCC[C@H](NC(=O)[C@H](CCCCN)NC(=O)[C@H](Cc1c[nH]c2ccccc12)NC(=O)[C@H](Cc1c[nH]c2ccccc12)NC(=O)[C@H](CCCNC(=N)N)NC(=O)[C@H](Cc1ccccc1)NC(=O)[C@H](Cc1c[nH]c2ccccc12)NC(=O)[C@@H](N)CCCNC(=N)N)C(=O)N[C@@H](Cc1c[nH]c2ccccc12)C(=O)O. The molecule has 0 fully saturated rings. The van der Waals surface area contributed by atoms with Gasteiger partial charge in [-0.25, -0.2) is 4.79 Å². The molecule has 4 heterocycles. The Bertz CT molecular complexity index is 4690. The fourth-order valence-electron chi connectivity index (χ4n) is 13.2. The van der Waals surface area contributed by atoms with E-state index in [0.29, 0.717) is 68.9 Å². The number of hydrogen-bond acceptors (Lipinski definition) is 14. The lowest BCUT2D eigenvalue weighted by Gasteiger charge is -2.28. The third-order valence-electron chi connectivity index (χ3n) is 19.0. The van der Waals surface area contributed by atoms with Gasteiger partial charge in [0.05, 0.1) is 6.04 Å². The molecule has 9 rings (SSSR count). The topological polar surface area (TPSA) is 571 Å². The first-order chi connectivity index (χ1) is 53.0. The average molecular weight is 1510 g/mol. The first-order valence-corrected chi connectivity index (χ1v) is 36.6. The molecule has 9 atom stereocenters. The van der Waals surface area contributed by atoms with Crippen molar-refractivity contribution in [2.75, 3.05) is 26.2 Å². The predicted molar refractivity (Wildman–Crippen MR) is 420 cm³/mol. The van der Waals surface area contributed by atoms with Crippen LogP contribution in [-0.4, -0.2) is 177 Å². The van der Waals surface area contributed by atoms with E-state index in [4.69, 9.17) is 44.9 Å². The van der Waals surface area contributed by atoms with Gasteiger partial charge in [-0.2, -0.15) is 0 Å². The number of unbranched alkanes of at least 4 members (excludes halogenated alkanes) is 1. The highest BCUT2D eigenvalue weighted by atomic mass is 16.4. The molecule has 0 saturated carbocycles. The zero-order valence-corrected chi connectivity index (χ0v) is 60.9. The van der Waals surface area contributed by atoms with Gasteiger partial charge in [-0.3, -0.25) is 54.6 Å². The number of hydrogen-bond donors (Lipinski definition) is 24. The molecule has 8 amide bonds. The van der Waals surface area contributed by atoms with Crippen LogP contribution >= 0.6 is 0 Å². The smallest absolute Gasteiger partial charge is 0.326 e. The van der Waals surface area contributed by atoms with Gasteiger partial charge in [-0.1, -0.05) is 103 Å². The molecule has 4 aromatic heterocycles. The average Bonchev–Trinajstić information content (AvgIpc) is 1.56. The molecule has 29 N–H and O–H groups in total. The minimum Gasteiger partial charge on any atom is -0.480 e. The van der Waals surface area contributed by atoms with E-state index >= 15 is 19.2 Å². The van der Waals surface area contributed by atoms with Crippen molar-refractivity contribution in [3.8, 4) is 0 Å². The molecule has 0 unspecified atom stereocenters. The Hall–Kier alpha value is -12.8. The molecule has 33 nitrogen and oxygen atoms in total. The van der Waals surface area contributed by atoms with Crippen molar-refractivity contribution >= 4 is 115 Å². The maximum atomic E-state index is 15.7. The molecule has 0 bridgehead atoms. The fourth-order valence-corrected chi connectivity index (χ4v) is 13.2. The molecule has 0 spiro atoms. The van der Waals surface area contributed by atoms with Gasteiger partial charge in [-0.15, -0.1) is 0 Å². The van der Waals surface area contributed by atoms with Crippen molar-refractivity contribution in [3.63, 3.8) is 0 Å². The number of carboxylic acid groups (broad SMARTS) is 1. The van der Waals surface area contributed by atoms with Gasteiger partial charge >= 0.3 is 5.97 Å². The van der Waals surface area contributed by atoms with Crippen LogP contribution in [0.4, 0.5) is 0 Å². The van der Waals surface area contributed by atoms with E-state index in [0.717, 1.165) is 21.8 Å². The lowest BCUT2D eigenvalue weighted by atomic mass is 10.00. The number of carboxylic acids is 1. The van der Waals surface area contributed by atoms with Crippen LogP contribution in [0.5, 0.6) is 0 Å². The number of aromatic nitrogens is 4. The van der Waals surface area contributed by atoms with E-state index < -0.39 is 108 Å². The number of guanidine groups is 3. The van der Waals surface area contributed by atoms with Gasteiger partial charge in [0.1, 0.15) is 48.3 Å². The van der Waals surface area contributed by atoms with E-state index in [2.05, 4.69) is 78.4 Å². The number of nitrogens with two attached hydrogens (primary N) is 5. The van der Waals surface area contributed by atoms with E-state index in [1.807, 2.05) is 78.9 Å². The van der Waals surface area contributed by atoms with Crippen LogP contribution < -0.4 is 87.2 Å². The summed E-state index contributed by atoms with van der Waals surface area (Å²) in [5, 5.41) is 67.1. The molecule has 0 aliphatic carbocycles. The van der Waals surface area contributed by atoms with Crippen LogP contribution in [0, 0.1) is 16.2 Å². The molecule has 9 aromatic rings. The van der Waals surface area contributed by atoms with Crippen molar-refractivity contribution < 1.29 is 48.3 Å². The summed E-state index contributed by atoms with van der Waals surface area (Å²) in [6, 6.07) is 25.3. The Morgan fingerprint density at radius 3 is 0.945 bits per heavy atom. The Balaban J connectivity index is 1.01. The second-order valence-electron chi connectivity index (χ2n) is 27.1. The predicted octanol–water partition coefficient (Wildman–Crippen LogP) is 1.33. The summed E-state index contributed by atoms with van der Waals surface area (Å²) in [5.41, 5.74) is 35.0. The molecular formula is C77H99N23O10. The van der Waals surface area contributed by atoms with Crippen LogP contribution in [-0.2, 0) is 75.3 Å². The molecule has 0 aliphatic rings. The third kappa shape index (κ3) is 23.6. The summed E-state index contributed by atoms with van der Waals surface area (Å²) in [5.74, 6) is -8.86. The summed E-state index contributed by atoms with van der Waals surface area (Å²) < 4.78 is 0. The van der Waals surface area contributed by atoms with Crippen LogP contribution in [0.2, 0.25) is 0 Å². The number of carbonyl (C=O) groups excluding carboxylic acids is 8. The number of amides is 8. The maximum absolute atomic E-state index is 15.7. The second kappa shape index (κ2) is 40.3. The number of aliphatic carboxylic acids is 1. The molecule has 0 radical (unpaired) electrons. The highest BCUT2D eigenvalue weighted by Crippen LogP contribution is 2.25. The van der Waals surface area contributed by atoms with Crippen LogP contribution in [0.15, 0.2) is 152 Å². The van der Waals surface area contributed by atoms with Gasteiger partial charge in [-0.05, 0) is 116 Å². The summed E-state index contributed by atoms with van der Waals surface area (Å²) in [6.07, 6.45) is 7.29. The molecule has 0 aliphatic heterocycles. The van der Waals surface area contributed by atoms with Gasteiger partial charge < -0.3 is 112 Å². The number of fused-ring (bicyclic) bond motifs is 4. The van der Waals surface area contributed by atoms with Crippen molar-refractivity contribution in [1.29, 1.82) is 16.2 Å². The minimum absolute atomic E-state index is 0.0227. The summed E-state index contributed by atoms with van der Waals surface area (Å²) in [6.45, 7) is 0.635. The molecule has 5 aromatic carbocycles. The van der Waals surface area contributed by atoms with Gasteiger partial charge in [0.25, 0.3) is 0 Å². The number of rotatable bonds is 43. The molecule has 33 heteroatoms. The summed E-state index contributed by atoms with van der Waals surface area (Å²) >= 11 is 0. The van der Waals surface area contributed by atoms with Crippen molar-refractivity contribution in [1.82, 2.24) is 78.4 Å². The van der Waals surface area contributed by atoms with E-state index in [1.165, 1.54) is 0 Å². The number of carbonyl (C=O) groups is 9. The molecular weight excluding hydrogens is 1410 g/mol. The molecule has 582 valence electrons. The third-order valence-corrected chi connectivity index (χ3v) is 19.0. The van der Waals surface area contributed by atoms with Crippen LogP contribution in [0.25, 0.3) is 43.6 Å². The minimum atomic E-state index is -1.54. The Morgan fingerprint density at radius 2 is 0.609 bits per heavy atom. The number of aromatic amines is 4. The van der Waals surface area contributed by atoms with Crippen molar-refractivity contribution in [2.45, 2.75) is 144 Å². The summed E-state index contributed by atoms with van der Waals surface area (Å²) in [4.78, 5) is 146.